The van der Waals surface area contributed by atoms with Crippen LogP contribution in [0.2, 0.25) is 0 Å². The van der Waals surface area contributed by atoms with Gasteiger partial charge in [-0.25, -0.2) is 0 Å². The fourth-order valence-corrected chi connectivity index (χ4v) is 2.81. The van der Waals surface area contributed by atoms with Crippen LogP contribution in [0.3, 0.4) is 0 Å². The molecule has 0 amide bonds. The predicted octanol–water partition coefficient (Wildman–Crippen LogP) is 4.11. The van der Waals surface area contributed by atoms with E-state index in [1.807, 2.05) is 0 Å². The molecule has 1 unspecified atom stereocenters. The van der Waals surface area contributed by atoms with Crippen molar-refractivity contribution in [3.05, 3.63) is 17.0 Å². The van der Waals surface area contributed by atoms with Crippen LogP contribution in [0.5, 0.6) is 0 Å². The van der Waals surface area contributed by atoms with Gasteiger partial charge >= 0.3 is 0 Å². The first kappa shape index (κ1) is 17.2. The van der Waals surface area contributed by atoms with E-state index >= 15 is 0 Å². The maximum absolute atomic E-state index is 4.89. The molecule has 0 saturated heterocycles. The van der Waals surface area contributed by atoms with E-state index in [4.69, 9.17) is 5.10 Å². The van der Waals surface area contributed by atoms with Crippen LogP contribution in [0.25, 0.3) is 0 Å². The maximum atomic E-state index is 4.89. The Balaban J connectivity index is 2.95. The Morgan fingerprint density at radius 2 is 1.80 bits per heavy atom. The summed E-state index contributed by atoms with van der Waals surface area (Å²) in [7, 11) is 0. The lowest BCUT2D eigenvalue weighted by atomic mass is 10.1. The molecular formula is C17H33N3. The van der Waals surface area contributed by atoms with E-state index in [1.165, 1.54) is 29.8 Å². The molecule has 20 heavy (non-hydrogen) atoms. The molecule has 0 fully saturated rings. The van der Waals surface area contributed by atoms with E-state index in [0.29, 0.717) is 12.0 Å². The molecule has 0 aliphatic heterocycles. The molecule has 1 rings (SSSR count). The number of aromatic nitrogens is 2. The predicted molar refractivity (Wildman–Crippen MR) is 87.1 cm³/mol. The van der Waals surface area contributed by atoms with Crippen LogP contribution in [0, 0.1) is 5.92 Å². The minimum atomic E-state index is 0.513. The van der Waals surface area contributed by atoms with E-state index in [9.17, 15) is 0 Å². The molecule has 0 bridgehead atoms. The third kappa shape index (κ3) is 4.34. The van der Waals surface area contributed by atoms with Crippen LogP contribution in [0.1, 0.15) is 77.4 Å². The van der Waals surface area contributed by atoms with E-state index in [2.05, 4.69) is 51.5 Å². The van der Waals surface area contributed by atoms with Crippen LogP contribution in [-0.2, 0) is 19.4 Å². The average Bonchev–Trinajstić information content (AvgIpc) is 2.76. The van der Waals surface area contributed by atoms with Crippen LogP contribution in [0.15, 0.2) is 0 Å². The van der Waals surface area contributed by atoms with Gasteiger partial charge in [0.1, 0.15) is 0 Å². The number of hydrogen-bond acceptors (Lipinski definition) is 2. The smallest absolute Gasteiger partial charge is 0.0669 e. The minimum Gasteiger partial charge on any atom is -0.312 e. The van der Waals surface area contributed by atoms with Crippen molar-refractivity contribution in [1.82, 2.24) is 15.1 Å². The largest absolute Gasteiger partial charge is 0.312 e. The summed E-state index contributed by atoms with van der Waals surface area (Å²) in [6, 6.07) is 0.513. The second kappa shape index (κ2) is 8.46. The second-order valence-corrected chi connectivity index (χ2v) is 6.19. The summed E-state index contributed by atoms with van der Waals surface area (Å²) >= 11 is 0. The van der Waals surface area contributed by atoms with Crippen molar-refractivity contribution in [3.8, 4) is 0 Å². The molecular weight excluding hydrogens is 246 g/mol. The highest BCUT2D eigenvalue weighted by atomic mass is 15.3. The van der Waals surface area contributed by atoms with Gasteiger partial charge in [0.25, 0.3) is 0 Å². The Hall–Kier alpha value is -0.830. The van der Waals surface area contributed by atoms with Crippen molar-refractivity contribution in [2.24, 2.45) is 5.92 Å². The van der Waals surface area contributed by atoms with Gasteiger partial charge < -0.3 is 5.32 Å². The van der Waals surface area contributed by atoms with Crippen molar-refractivity contribution in [3.63, 3.8) is 0 Å². The Kier molecular flexibility index (Phi) is 7.28. The second-order valence-electron chi connectivity index (χ2n) is 6.19. The number of rotatable bonds is 9. The zero-order valence-corrected chi connectivity index (χ0v) is 14.3. The van der Waals surface area contributed by atoms with Crippen molar-refractivity contribution < 1.29 is 0 Å². The molecule has 116 valence electrons. The highest BCUT2D eigenvalue weighted by Gasteiger charge is 2.18. The van der Waals surface area contributed by atoms with Crippen LogP contribution >= 0.6 is 0 Å². The summed E-state index contributed by atoms with van der Waals surface area (Å²) in [5, 5.41) is 8.47. The molecule has 3 nitrogen and oxygen atoms in total. The monoisotopic (exact) mass is 279 g/mol. The summed E-state index contributed by atoms with van der Waals surface area (Å²) in [5.41, 5.74) is 4.15. The molecule has 0 aliphatic rings. The van der Waals surface area contributed by atoms with Gasteiger partial charge in [0.05, 0.1) is 5.69 Å². The molecule has 1 aromatic heterocycles. The van der Waals surface area contributed by atoms with E-state index in [0.717, 1.165) is 25.9 Å². The fraction of sp³-hybridized carbons (Fsp3) is 0.824. The lowest BCUT2D eigenvalue weighted by molar-refractivity contribution is 0.437. The molecule has 3 heteroatoms. The molecule has 0 spiro atoms. The summed E-state index contributed by atoms with van der Waals surface area (Å²) < 4.78 is 2.29. The number of nitrogens with one attached hydrogen (secondary N) is 1. The van der Waals surface area contributed by atoms with E-state index in [1.54, 1.807) is 0 Å². The minimum absolute atomic E-state index is 0.513. The first-order valence-electron chi connectivity index (χ1n) is 8.34. The Morgan fingerprint density at radius 1 is 1.10 bits per heavy atom. The number of hydrogen-bond donors (Lipinski definition) is 1. The topological polar surface area (TPSA) is 29.9 Å². The molecule has 0 radical (unpaired) electrons. The van der Waals surface area contributed by atoms with Crippen molar-refractivity contribution in [2.75, 3.05) is 6.54 Å². The third-order valence-corrected chi connectivity index (χ3v) is 3.85. The molecule has 1 N–H and O–H groups in total. The van der Waals surface area contributed by atoms with Gasteiger partial charge in [0.15, 0.2) is 0 Å². The molecule has 0 aliphatic carbocycles. The summed E-state index contributed by atoms with van der Waals surface area (Å²) in [5.74, 6) is 0.694. The van der Waals surface area contributed by atoms with Crippen LogP contribution in [0.4, 0.5) is 0 Å². The summed E-state index contributed by atoms with van der Waals surface area (Å²) in [6.07, 6.45) is 4.51. The lowest BCUT2D eigenvalue weighted by Gasteiger charge is -2.15. The first-order chi connectivity index (χ1) is 9.54. The summed E-state index contributed by atoms with van der Waals surface area (Å²) in [4.78, 5) is 0. The Morgan fingerprint density at radius 3 is 2.30 bits per heavy atom. The third-order valence-electron chi connectivity index (χ3n) is 3.85. The summed E-state index contributed by atoms with van der Waals surface area (Å²) in [6.45, 7) is 15.5. The Bertz CT molecular complexity index is 393. The van der Waals surface area contributed by atoms with Gasteiger partial charge in [0.2, 0.25) is 0 Å². The van der Waals surface area contributed by atoms with Crippen LogP contribution < -0.4 is 5.32 Å². The molecule has 0 aromatic carbocycles. The quantitative estimate of drug-likeness (QED) is 0.737. The highest BCUT2D eigenvalue weighted by Crippen LogP contribution is 2.22. The van der Waals surface area contributed by atoms with Crippen molar-refractivity contribution >= 4 is 0 Å². The molecule has 1 heterocycles. The highest BCUT2D eigenvalue weighted by molar-refractivity contribution is 5.27. The molecule has 1 atom stereocenters. The van der Waals surface area contributed by atoms with Crippen molar-refractivity contribution in [2.45, 2.75) is 79.8 Å². The number of aryl methyl sites for hydroxylation is 1. The SMILES string of the molecule is CCCC(C)n1nc(CC)c(CNCC(C)C)c1CC. The zero-order chi connectivity index (χ0) is 15.1. The number of nitrogens with zero attached hydrogens (tertiary/aromatic N) is 2. The average molecular weight is 279 g/mol. The molecule has 1 aromatic rings. The Labute approximate surface area is 125 Å². The van der Waals surface area contributed by atoms with Gasteiger partial charge in [-0.3, -0.25) is 4.68 Å². The van der Waals surface area contributed by atoms with E-state index < -0.39 is 0 Å². The first-order valence-corrected chi connectivity index (χ1v) is 8.34. The normalized spacial score (nSPS) is 13.2. The zero-order valence-electron chi connectivity index (χ0n) is 14.3. The van der Waals surface area contributed by atoms with Gasteiger partial charge in [-0.2, -0.15) is 5.10 Å². The fourth-order valence-electron chi connectivity index (χ4n) is 2.81. The van der Waals surface area contributed by atoms with Gasteiger partial charge in [0, 0.05) is 23.8 Å². The molecule has 0 saturated carbocycles. The standard InChI is InChI=1S/C17H33N3/c1-7-10-14(6)20-17(9-3)15(16(8-2)19-20)12-18-11-13(4)5/h13-14,18H,7-12H2,1-6H3. The van der Waals surface area contributed by atoms with Gasteiger partial charge in [-0.15, -0.1) is 0 Å². The maximum Gasteiger partial charge on any atom is 0.0669 e. The lowest BCUT2D eigenvalue weighted by Crippen LogP contribution is -2.20. The van der Waals surface area contributed by atoms with Gasteiger partial charge in [-0.05, 0) is 38.6 Å². The van der Waals surface area contributed by atoms with Crippen LogP contribution in [-0.4, -0.2) is 16.3 Å². The van der Waals surface area contributed by atoms with Gasteiger partial charge in [-0.1, -0.05) is 41.0 Å². The van der Waals surface area contributed by atoms with E-state index in [-0.39, 0.29) is 0 Å². The van der Waals surface area contributed by atoms with Crippen molar-refractivity contribution in [1.29, 1.82) is 0 Å².